The van der Waals surface area contributed by atoms with E-state index in [0.29, 0.717) is 35.2 Å². The van der Waals surface area contributed by atoms with Gasteiger partial charge in [0.25, 0.3) is 5.91 Å². The largest absolute Gasteiger partial charge is 0.416 e. The van der Waals surface area contributed by atoms with E-state index in [9.17, 15) is 18.0 Å². The number of rotatable bonds is 1. The van der Waals surface area contributed by atoms with Gasteiger partial charge in [0.1, 0.15) is 11.5 Å². The molecule has 186 valence electrons. The second-order valence-electron chi connectivity index (χ2n) is 10.1. The summed E-state index contributed by atoms with van der Waals surface area (Å²) in [4.78, 5) is 24.6. The van der Waals surface area contributed by atoms with Gasteiger partial charge in [-0.25, -0.2) is 9.97 Å². The molecule has 0 spiro atoms. The van der Waals surface area contributed by atoms with Crippen LogP contribution in [0, 0.1) is 11.8 Å². The number of carbonyl (C=O) groups is 1. The molecule has 2 unspecified atom stereocenters. The Morgan fingerprint density at radius 3 is 2.75 bits per heavy atom. The number of amides is 1. The van der Waals surface area contributed by atoms with Gasteiger partial charge in [-0.2, -0.15) is 18.3 Å². The summed E-state index contributed by atoms with van der Waals surface area (Å²) < 4.78 is 41.7. The summed E-state index contributed by atoms with van der Waals surface area (Å²) in [5, 5.41) is 5.70. The molecule has 1 aromatic carbocycles. The van der Waals surface area contributed by atoms with Crippen molar-refractivity contribution in [2.24, 2.45) is 18.9 Å². The van der Waals surface area contributed by atoms with Crippen LogP contribution in [0.15, 0.2) is 36.7 Å². The van der Waals surface area contributed by atoms with E-state index >= 15 is 0 Å². The van der Waals surface area contributed by atoms with E-state index in [0.717, 1.165) is 35.4 Å². The number of anilines is 1. The average Bonchev–Trinajstić information content (AvgIpc) is 3.24. The summed E-state index contributed by atoms with van der Waals surface area (Å²) in [6.45, 7) is 2.62. The maximum absolute atomic E-state index is 13.9. The molecule has 1 aliphatic heterocycles. The third-order valence-corrected chi connectivity index (χ3v) is 7.64. The molecule has 4 heterocycles. The molecule has 1 fully saturated rings. The number of likely N-dealkylation sites (tertiary alicyclic amines) is 1. The molecule has 2 N–H and O–H groups in total. The highest BCUT2D eigenvalue weighted by Crippen LogP contribution is 2.47. The first-order valence-electron chi connectivity index (χ1n) is 12.0. The number of aromatic nitrogens is 4. The van der Waals surface area contributed by atoms with Crippen molar-refractivity contribution < 1.29 is 18.0 Å². The smallest absolute Gasteiger partial charge is 0.383 e. The molecule has 6 rings (SSSR count). The van der Waals surface area contributed by atoms with Gasteiger partial charge in [0.05, 0.1) is 40.4 Å². The topological polar surface area (TPSA) is 89.9 Å². The minimum absolute atomic E-state index is 0.188. The van der Waals surface area contributed by atoms with E-state index in [2.05, 4.69) is 22.0 Å². The zero-order valence-electron chi connectivity index (χ0n) is 19.9. The van der Waals surface area contributed by atoms with Gasteiger partial charge in [-0.1, -0.05) is 13.0 Å². The fourth-order valence-corrected chi connectivity index (χ4v) is 6.08. The number of benzene rings is 1. The van der Waals surface area contributed by atoms with Crippen molar-refractivity contribution >= 4 is 33.5 Å². The van der Waals surface area contributed by atoms with Crippen molar-refractivity contribution in [3.8, 4) is 0 Å². The van der Waals surface area contributed by atoms with Crippen LogP contribution in [0.4, 0.5) is 19.0 Å². The Hall–Kier alpha value is -3.69. The van der Waals surface area contributed by atoms with Crippen molar-refractivity contribution in [1.82, 2.24) is 24.6 Å². The van der Waals surface area contributed by atoms with Gasteiger partial charge in [0.15, 0.2) is 0 Å². The first kappa shape index (κ1) is 22.8. The van der Waals surface area contributed by atoms with Crippen LogP contribution in [0.3, 0.4) is 0 Å². The Labute approximate surface area is 205 Å². The standard InChI is InChI=1S/C26H25F3N6O/c1-13-7-15-4-3-14-8-16(26(27,28)29)5-6-17(14)22(15)35(12-13)25(36)20-9-18-21(11-31-20)33-24(30)19-10-32-34(2)23(18)19/h5-6,8-11,13,15,22H,3-4,7,12H2,1-2H3,(H2,30,33)/t13?,15?,22-/m1/s1. The molecule has 4 aromatic rings. The molecule has 1 amide bonds. The minimum Gasteiger partial charge on any atom is -0.383 e. The quantitative estimate of drug-likeness (QED) is 0.406. The Morgan fingerprint density at radius 2 is 1.97 bits per heavy atom. The van der Waals surface area contributed by atoms with E-state index in [1.807, 2.05) is 4.90 Å². The molecule has 0 radical (unpaired) electrons. The first-order chi connectivity index (χ1) is 17.1. The molecule has 1 aliphatic carbocycles. The van der Waals surface area contributed by atoms with Crippen LogP contribution in [-0.4, -0.2) is 37.1 Å². The Morgan fingerprint density at radius 1 is 1.17 bits per heavy atom. The second kappa shape index (κ2) is 7.91. The number of halogens is 3. The lowest BCUT2D eigenvalue weighted by atomic mass is 9.72. The van der Waals surface area contributed by atoms with Crippen LogP contribution >= 0.6 is 0 Å². The number of carbonyl (C=O) groups excluding carboxylic acids is 1. The number of fused-ring (bicyclic) bond motifs is 6. The summed E-state index contributed by atoms with van der Waals surface area (Å²) in [7, 11) is 1.80. The van der Waals surface area contributed by atoms with Crippen molar-refractivity contribution in [2.45, 2.75) is 38.4 Å². The number of nitrogen functional groups attached to an aromatic ring is 1. The molecule has 7 nitrogen and oxygen atoms in total. The van der Waals surface area contributed by atoms with Crippen molar-refractivity contribution in [3.05, 3.63) is 59.0 Å². The Kier molecular flexibility index (Phi) is 5.00. The van der Waals surface area contributed by atoms with Crippen LogP contribution in [0.25, 0.3) is 21.8 Å². The number of piperidine rings is 1. The Bertz CT molecular complexity index is 1530. The van der Waals surface area contributed by atoms with Gasteiger partial charge in [0, 0.05) is 19.0 Å². The van der Waals surface area contributed by atoms with E-state index < -0.39 is 11.7 Å². The number of nitrogens with zero attached hydrogens (tertiary/aromatic N) is 5. The maximum Gasteiger partial charge on any atom is 0.416 e. The SMILES string of the molecule is CC1CC2CCc3cc(C(F)(F)F)ccc3[C@@H]2N(C(=O)c2cc3c(cn2)nc(N)c2cnn(C)c23)C1. The third-order valence-electron chi connectivity index (χ3n) is 7.64. The van der Waals surface area contributed by atoms with Gasteiger partial charge in [-0.3, -0.25) is 9.48 Å². The monoisotopic (exact) mass is 494 g/mol. The van der Waals surface area contributed by atoms with E-state index in [-0.39, 0.29) is 29.5 Å². The number of pyridine rings is 2. The van der Waals surface area contributed by atoms with Crippen LogP contribution in [0.2, 0.25) is 0 Å². The number of aryl methyl sites for hydroxylation is 2. The molecule has 1 saturated heterocycles. The molecular weight excluding hydrogens is 469 g/mol. The molecule has 0 bridgehead atoms. The van der Waals surface area contributed by atoms with E-state index in [1.165, 1.54) is 6.07 Å². The maximum atomic E-state index is 13.9. The number of alkyl halides is 3. The van der Waals surface area contributed by atoms with Crippen molar-refractivity contribution in [2.75, 3.05) is 12.3 Å². The predicted octanol–water partition coefficient (Wildman–Crippen LogP) is 4.90. The van der Waals surface area contributed by atoms with Gasteiger partial charge < -0.3 is 10.6 Å². The lowest BCUT2D eigenvalue weighted by Gasteiger charge is -2.47. The molecule has 36 heavy (non-hydrogen) atoms. The molecular formula is C26H25F3N6O. The second-order valence-corrected chi connectivity index (χ2v) is 10.1. The van der Waals surface area contributed by atoms with Crippen LogP contribution in [-0.2, 0) is 19.6 Å². The fourth-order valence-electron chi connectivity index (χ4n) is 6.08. The van der Waals surface area contributed by atoms with Crippen LogP contribution in [0.5, 0.6) is 0 Å². The highest BCUT2D eigenvalue weighted by atomic mass is 19.4. The Balaban J connectivity index is 1.44. The summed E-state index contributed by atoms with van der Waals surface area (Å²) in [6.07, 6.45) is 1.04. The van der Waals surface area contributed by atoms with Gasteiger partial charge in [-0.15, -0.1) is 0 Å². The average molecular weight is 495 g/mol. The molecule has 0 saturated carbocycles. The van der Waals surface area contributed by atoms with Crippen molar-refractivity contribution in [3.63, 3.8) is 0 Å². The summed E-state index contributed by atoms with van der Waals surface area (Å²) in [6, 6.07) is 5.38. The molecule has 3 aromatic heterocycles. The minimum atomic E-state index is -4.40. The lowest BCUT2D eigenvalue weighted by molar-refractivity contribution is -0.137. The first-order valence-corrected chi connectivity index (χ1v) is 12.0. The predicted molar refractivity (Wildman–Crippen MR) is 129 cm³/mol. The zero-order chi connectivity index (χ0) is 25.4. The fraction of sp³-hybridized carbons (Fsp3) is 0.385. The van der Waals surface area contributed by atoms with Crippen LogP contribution in [0.1, 0.15) is 53.0 Å². The van der Waals surface area contributed by atoms with Crippen molar-refractivity contribution in [1.29, 1.82) is 0 Å². The number of hydrogen-bond acceptors (Lipinski definition) is 5. The highest BCUT2D eigenvalue weighted by Gasteiger charge is 2.42. The normalized spacial score (nSPS) is 22.0. The third kappa shape index (κ3) is 3.50. The van der Waals surface area contributed by atoms with E-state index in [1.54, 1.807) is 36.3 Å². The highest BCUT2D eigenvalue weighted by molar-refractivity contribution is 6.09. The number of nitrogens with two attached hydrogens (primary N) is 1. The molecule has 3 atom stereocenters. The lowest BCUT2D eigenvalue weighted by Crippen LogP contribution is -2.47. The molecule has 2 aliphatic rings. The number of hydrogen-bond donors (Lipinski definition) is 1. The summed E-state index contributed by atoms with van der Waals surface area (Å²) in [5.41, 5.74) is 8.51. The van der Waals surface area contributed by atoms with Crippen LogP contribution < -0.4 is 5.73 Å². The van der Waals surface area contributed by atoms with Gasteiger partial charge in [-0.05, 0) is 60.4 Å². The van der Waals surface area contributed by atoms with E-state index in [4.69, 9.17) is 5.73 Å². The van der Waals surface area contributed by atoms with Gasteiger partial charge >= 0.3 is 6.18 Å². The summed E-state index contributed by atoms with van der Waals surface area (Å²) in [5.74, 6) is 0.569. The van der Waals surface area contributed by atoms with Gasteiger partial charge in [0.2, 0.25) is 0 Å². The molecule has 10 heteroatoms. The zero-order valence-corrected chi connectivity index (χ0v) is 19.9. The summed E-state index contributed by atoms with van der Waals surface area (Å²) >= 11 is 0.